The van der Waals surface area contributed by atoms with Crippen LogP contribution in [0.5, 0.6) is 5.75 Å². The van der Waals surface area contributed by atoms with Gasteiger partial charge in [-0.25, -0.2) is 4.39 Å². The van der Waals surface area contributed by atoms with E-state index in [2.05, 4.69) is 10.3 Å². The Balaban J connectivity index is 1.80. The predicted molar refractivity (Wildman–Crippen MR) is 88.3 cm³/mol. The summed E-state index contributed by atoms with van der Waals surface area (Å²) in [6.45, 7) is 1.95. The second-order valence-corrected chi connectivity index (χ2v) is 5.43. The van der Waals surface area contributed by atoms with Gasteiger partial charge in [0, 0.05) is 17.1 Å². The number of benzene rings is 2. The molecule has 0 radical (unpaired) electrons. The Labute approximate surface area is 133 Å². The van der Waals surface area contributed by atoms with Crippen LogP contribution in [0.3, 0.4) is 0 Å². The van der Waals surface area contributed by atoms with Gasteiger partial charge in [0.1, 0.15) is 11.6 Å². The van der Waals surface area contributed by atoms with Gasteiger partial charge in [0.2, 0.25) is 5.91 Å². The molecule has 3 aromatic rings. The van der Waals surface area contributed by atoms with Crippen molar-refractivity contribution in [2.45, 2.75) is 13.3 Å². The van der Waals surface area contributed by atoms with Crippen molar-refractivity contribution in [2.24, 2.45) is 0 Å². The van der Waals surface area contributed by atoms with E-state index in [1.165, 1.54) is 12.1 Å². The van der Waals surface area contributed by atoms with Gasteiger partial charge < -0.3 is 15.0 Å². The van der Waals surface area contributed by atoms with Gasteiger partial charge in [0.25, 0.3) is 0 Å². The molecular formula is C18H17FN2O2. The fraction of sp³-hybridized carbons (Fsp3) is 0.167. The number of aromatic amines is 1. The minimum Gasteiger partial charge on any atom is -0.495 e. The molecule has 0 saturated carbocycles. The van der Waals surface area contributed by atoms with Gasteiger partial charge in [0.05, 0.1) is 19.2 Å². The van der Waals surface area contributed by atoms with E-state index in [0.717, 1.165) is 16.5 Å². The van der Waals surface area contributed by atoms with Gasteiger partial charge in [-0.05, 0) is 48.4 Å². The van der Waals surface area contributed by atoms with Crippen molar-refractivity contribution in [3.8, 4) is 5.75 Å². The van der Waals surface area contributed by atoms with E-state index in [4.69, 9.17) is 4.74 Å². The summed E-state index contributed by atoms with van der Waals surface area (Å²) < 4.78 is 18.5. The van der Waals surface area contributed by atoms with E-state index >= 15 is 0 Å². The van der Waals surface area contributed by atoms with Crippen molar-refractivity contribution in [3.63, 3.8) is 0 Å². The summed E-state index contributed by atoms with van der Waals surface area (Å²) in [5.74, 6) is 0.156. The number of ether oxygens (including phenoxy) is 1. The lowest BCUT2D eigenvalue weighted by atomic mass is 10.1. The summed E-state index contributed by atoms with van der Waals surface area (Å²) in [7, 11) is 1.56. The van der Waals surface area contributed by atoms with Crippen LogP contribution < -0.4 is 10.1 Å². The Hall–Kier alpha value is -2.82. The summed E-state index contributed by atoms with van der Waals surface area (Å²) in [5, 5.41) is 3.71. The van der Waals surface area contributed by atoms with E-state index < -0.39 is 0 Å². The molecule has 0 spiro atoms. The zero-order valence-corrected chi connectivity index (χ0v) is 12.9. The number of halogens is 1. The largest absolute Gasteiger partial charge is 0.495 e. The van der Waals surface area contributed by atoms with Crippen LogP contribution in [-0.4, -0.2) is 18.0 Å². The van der Waals surface area contributed by atoms with Crippen molar-refractivity contribution >= 4 is 22.5 Å². The summed E-state index contributed by atoms with van der Waals surface area (Å²) in [5.41, 5.74) is 3.18. The monoisotopic (exact) mass is 312 g/mol. The van der Waals surface area contributed by atoms with Gasteiger partial charge in [-0.1, -0.05) is 6.07 Å². The second-order valence-electron chi connectivity index (χ2n) is 5.43. The number of H-pyrrole nitrogens is 1. The molecule has 0 fully saturated rings. The Morgan fingerprint density at radius 2 is 2.09 bits per heavy atom. The van der Waals surface area contributed by atoms with Crippen LogP contribution in [0.15, 0.2) is 42.6 Å². The zero-order chi connectivity index (χ0) is 16.4. The molecule has 2 aromatic carbocycles. The quantitative estimate of drug-likeness (QED) is 0.770. The van der Waals surface area contributed by atoms with Gasteiger partial charge in [-0.2, -0.15) is 0 Å². The van der Waals surface area contributed by atoms with Gasteiger partial charge >= 0.3 is 0 Å². The molecule has 0 aliphatic rings. The maximum absolute atomic E-state index is 13.2. The number of methoxy groups -OCH3 is 1. The number of anilines is 1. The minimum atomic E-state index is -0.306. The summed E-state index contributed by atoms with van der Waals surface area (Å²) in [6.07, 6.45) is 1.93. The molecule has 0 saturated heterocycles. The van der Waals surface area contributed by atoms with Crippen LogP contribution in [0.25, 0.3) is 10.9 Å². The lowest BCUT2D eigenvalue weighted by Crippen LogP contribution is -2.15. The van der Waals surface area contributed by atoms with Crippen molar-refractivity contribution < 1.29 is 13.9 Å². The number of hydrogen-bond donors (Lipinski definition) is 2. The highest BCUT2D eigenvalue weighted by Crippen LogP contribution is 2.26. The highest BCUT2D eigenvalue weighted by atomic mass is 19.1. The van der Waals surface area contributed by atoms with Crippen LogP contribution in [-0.2, 0) is 11.2 Å². The molecular weight excluding hydrogens is 295 g/mol. The molecule has 118 valence electrons. The third-order valence-corrected chi connectivity index (χ3v) is 3.71. The SMILES string of the molecule is COc1ccc(C)cc1NC(=O)Cc1c[nH]c2cc(F)ccc12. The molecule has 2 N–H and O–H groups in total. The average Bonchev–Trinajstić information content (AvgIpc) is 2.89. The number of carbonyl (C=O) groups excluding carboxylic acids is 1. The third kappa shape index (κ3) is 3.18. The van der Waals surface area contributed by atoms with E-state index in [-0.39, 0.29) is 18.1 Å². The zero-order valence-electron chi connectivity index (χ0n) is 12.9. The first-order chi connectivity index (χ1) is 11.1. The summed E-state index contributed by atoms with van der Waals surface area (Å²) >= 11 is 0. The Bertz CT molecular complexity index is 871. The normalized spacial score (nSPS) is 10.7. The highest BCUT2D eigenvalue weighted by Gasteiger charge is 2.12. The first-order valence-corrected chi connectivity index (χ1v) is 7.27. The van der Waals surface area contributed by atoms with Crippen LogP contribution >= 0.6 is 0 Å². The summed E-state index contributed by atoms with van der Waals surface area (Å²) in [4.78, 5) is 15.3. The van der Waals surface area contributed by atoms with Gasteiger partial charge in [-0.3, -0.25) is 4.79 Å². The van der Waals surface area contributed by atoms with Crippen molar-refractivity contribution in [1.29, 1.82) is 0 Å². The molecule has 0 bridgehead atoms. The molecule has 0 atom stereocenters. The number of rotatable bonds is 4. The second kappa shape index (κ2) is 6.12. The van der Waals surface area contributed by atoms with Gasteiger partial charge in [-0.15, -0.1) is 0 Å². The fourth-order valence-electron chi connectivity index (χ4n) is 2.59. The lowest BCUT2D eigenvalue weighted by molar-refractivity contribution is -0.115. The standard InChI is InChI=1S/C18H17FN2O2/c1-11-3-6-17(23-2)16(7-11)21-18(22)8-12-10-20-15-9-13(19)4-5-14(12)15/h3-7,9-10,20H,8H2,1-2H3,(H,21,22). The Morgan fingerprint density at radius 1 is 1.26 bits per heavy atom. The molecule has 1 heterocycles. The maximum atomic E-state index is 13.2. The first kappa shape index (κ1) is 15.1. The van der Waals surface area contributed by atoms with Crippen LogP contribution in [0.1, 0.15) is 11.1 Å². The third-order valence-electron chi connectivity index (χ3n) is 3.71. The van der Waals surface area contributed by atoms with Crippen molar-refractivity contribution in [1.82, 2.24) is 4.98 Å². The molecule has 1 aromatic heterocycles. The van der Waals surface area contributed by atoms with Gasteiger partial charge in [0.15, 0.2) is 0 Å². The number of amides is 1. The number of fused-ring (bicyclic) bond motifs is 1. The molecule has 0 unspecified atom stereocenters. The molecule has 1 amide bonds. The minimum absolute atomic E-state index is 0.154. The molecule has 0 aliphatic heterocycles. The number of aromatic nitrogens is 1. The smallest absolute Gasteiger partial charge is 0.228 e. The van der Waals surface area contributed by atoms with E-state index in [1.807, 2.05) is 25.1 Å². The van der Waals surface area contributed by atoms with Crippen LogP contribution in [0.4, 0.5) is 10.1 Å². The number of nitrogens with one attached hydrogen (secondary N) is 2. The van der Waals surface area contributed by atoms with Crippen molar-refractivity contribution in [2.75, 3.05) is 12.4 Å². The summed E-state index contributed by atoms with van der Waals surface area (Å²) in [6, 6.07) is 10.1. The fourth-order valence-corrected chi connectivity index (χ4v) is 2.59. The molecule has 5 heteroatoms. The molecule has 23 heavy (non-hydrogen) atoms. The number of carbonyl (C=O) groups is 1. The molecule has 0 aliphatic carbocycles. The maximum Gasteiger partial charge on any atom is 0.228 e. The predicted octanol–water partition coefficient (Wildman–Crippen LogP) is 3.81. The van der Waals surface area contributed by atoms with Crippen LogP contribution in [0, 0.1) is 12.7 Å². The number of aryl methyl sites for hydroxylation is 1. The van der Waals surface area contributed by atoms with E-state index in [1.54, 1.807) is 19.4 Å². The van der Waals surface area contributed by atoms with Crippen molar-refractivity contribution in [3.05, 3.63) is 59.5 Å². The van der Waals surface area contributed by atoms with E-state index in [0.29, 0.717) is 17.0 Å². The first-order valence-electron chi connectivity index (χ1n) is 7.27. The number of hydrogen-bond acceptors (Lipinski definition) is 2. The van der Waals surface area contributed by atoms with Crippen LogP contribution in [0.2, 0.25) is 0 Å². The molecule has 4 nitrogen and oxygen atoms in total. The topological polar surface area (TPSA) is 54.1 Å². The highest BCUT2D eigenvalue weighted by molar-refractivity contribution is 5.96. The lowest BCUT2D eigenvalue weighted by Gasteiger charge is -2.10. The molecule has 3 rings (SSSR count). The van der Waals surface area contributed by atoms with E-state index in [9.17, 15) is 9.18 Å². The average molecular weight is 312 g/mol. The Morgan fingerprint density at radius 3 is 2.87 bits per heavy atom. The Kier molecular flexibility index (Phi) is 4.02.